The van der Waals surface area contributed by atoms with Crippen molar-refractivity contribution in [1.29, 1.82) is 0 Å². The first-order chi connectivity index (χ1) is 7.71. The van der Waals surface area contributed by atoms with Crippen LogP contribution in [-0.2, 0) is 15.2 Å². The minimum atomic E-state index is -4.61. The molecule has 4 nitrogen and oxygen atoms in total. The molecule has 0 unspecified atom stereocenters. The first-order valence-corrected chi connectivity index (χ1v) is 6.51. The Labute approximate surface area is 97.8 Å². The van der Waals surface area contributed by atoms with Crippen LogP contribution in [0, 0.1) is 0 Å². The van der Waals surface area contributed by atoms with Crippen molar-refractivity contribution in [3.8, 4) is 0 Å². The molecule has 1 aromatic heterocycles. The molecule has 17 heavy (non-hydrogen) atoms. The summed E-state index contributed by atoms with van der Waals surface area (Å²) in [5, 5.41) is 4.61. The van der Waals surface area contributed by atoms with Gasteiger partial charge in [-0.3, -0.25) is 5.10 Å². The number of fused-ring (bicyclic) bond motifs is 1. The Balaban J connectivity index is 2.83. The van der Waals surface area contributed by atoms with Crippen LogP contribution in [0.2, 0.25) is 0 Å². The van der Waals surface area contributed by atoms with Gasteiger partial charge < -0.3 is 0 Å². The van der Waals surface area contributed by atoms with Crippen LogP contribution in [0.4, 0.5) is 13.2 Å². The number of para-hydroxylation sites is 1. The van der Waals surface area contributed by atoms with Crippen molar-refractivity contribution in [2.24, 2.45) is 0 Å². The number of hydrogen-bond acceptors (Lipinski definition) is 3. The maximum atomic E-state index is 12.6. The Hall–Kier alpha value is -1.28. The summed E-state index contributed by atoms with van der Waals surface area (Å²) in [6, 6.07) is 3.10. The molecule has 0 bridgehead atoms. The van der Waals surface area contributed by atoms with Crippen LogP contribution in [0.5, 0.6) is 0 Å². The summed E-state index contributed by atoms with van der Waals surface area (Å²) in [5.41, 5.74) is -1.49. The predicted molar refractivity (Wildman–Crippen MR) is 54.1 cm³/mol. The van der Waals surface area contributed by atoms with Gasteiger partial charge in [-0.1, -0.05) is 6.07 Å². The van der Waals surface area contributed by atoms with Gasteiger partial charge in [0.2, 0.25) is 0 Å². The predicted octanol–water partition coefficient (Wildman–Crippen LogP) is 2.51. The SMILES string of the molecule is O=S(=O)(Cl)c1[nH]nc2c(C(F)(F)F)cccc12. The molecule has 92 valence electrons. The van der Waals surface area contributed by atoms with E-state index in [9.17, 15) is 21.6 Å². The molecule has 0 radical (unpaired) electrons. The van der Waals surface area contributed by atoms with Gasteiger partial charge in [-0.25, -0.2) is 8.42 Å². The van der Waals surface area contributed by atoms with Gasteiger partial charge in [-0.05, 0) is 12.1 Å². The maximum absolute atomic E-state index is 12.6. The Bertz CT molecular complexity index is 678. The first kappa shape index (κ1) is 12.2. The fourth-order valence-electron chi connectivity index (χ4n) is 1.43. The monoisotopic (exact) mass is 284 g/mol. The van der Waals surface area contributed by atoms with Crippen molar-refractivity contribution in [2.45, 2.75) is 11.2 Å². The van der Waals surface area contributed by atoms with Crippen LogP contribution in [0.1, 0.15) is 5.56 Å². The molecule has 0 atom stereocenters. The molecule has 0 saturated heterocycles. The number of rotatable bonds is 1. The molecule has 0 saturated carbocycles. The highest BCUT2D eigenvalue weighted by Crippen LogP contribution is 2.35. The van der Waals surface area contributed by atoms with Gasteiger partial charge in [0.1, 0.15) is 5.52 Å². The average molecular weight is 285 g/mol. The highest BCUT2D eigenvalue weighted by molar-refractivity contribution is 8.13. The molecule has 0 aliphatic rings. The lowest BCUT2D eigenvalue weighted by Crippen LogP contribution is -2.05. The van der Waals surface area contributed by atoms with Crippen molar-refractivity contribution in [1.82, 2.24) is 10.2 Å². The molecule has 0 aliphatic heterocycles. The van der Waals surface area contributed by atoms with Gasteiger partial charge >= 0.3 is 6.18 Å². The average Bonchev–Trinajstić information content (AvgIpc) is 2.57. The lowest BCUT2D eigenvalue weighted by molar-refractivity contribution is -0.136. The van der Waals surface area contributed by atoms with Crippen LogP contribution < -0.4 is 0 Å². The zero-order valence-electron chi connectivity index (χ0n) is 7.92. The summed E-state index contributed by atoms with van der Waals surface area (Å²) in [6.07, 6.45) is -4.61. The van der Waals surface area contributed by atoms with Gasteiger partial charge in [-0.2, -0.15) is 18.3 Å². The van der Waals surface area contributed by atoms with Crippen molar-refractivity contribution >= 4 is 30.6 Å². The molecule has 0 fully saturated rings. The molecular weight excluding hydrogens is 281 g/mol. The summed E-state index contributed by atoms with van der Waals surface area (Å²) in [4.78, 5) is 0. The van der Waals surface area contributed by atoms with Crippen LogP contribution >= 0.6 is 10.7 Å². The molecule has 2 aromatic rings. The van der Waals surface area contributed by atoms with E-state index in [-0.39, 0.29) is 5.39 Å². The number of aromatic nitrogens is 2. The van der Waals surface area contributed by atoms with Crippen molar-refractivity contribution in [3.05, 3.63) is 23.8 Å². The molecule has 0 amide bonds. The van der Waals surface area contributed by atoms with Crippen molar-refractivity contribution < 1.29 is 21.6 Å². The molecule has 2 rings (SSSR count). The third-order valence-corrected chi connectivity index (χ3v) is 3.36. The van der Waals surface area contributed by atoms with Gasteiger partial charge in [-0.15, -0.1) is 0 Å². The van der Waals surface area contributed by atoms with E-state index in [4.69, 9.17) is 10.7 Å². The fourth-order valence-corrected chi connectivity index (χ4v) is 2.36. The minimum absolute atomic E-state index is 0.185. The van der Waals surface area contributed by atoms with E-state index in [1.54, 1.807) is 0 Å². The Kier molecular flexibility index (Phi) is 2.58. The first-order valence-electron chi connectivity index (χ1n) is 4.20. The largest absolute Gasteiger partial charge is 0.418 e. The maximum Gasteiger partial charge on any atom is 0.418 e. The lowest BCUT2D eigenvalue weighted by Gasteiger charge is -2.06. The lowest BCUT2D eigenvalue weighted by atomic mass is 10.1. The van der Waals surface area contributed by atoms with Crippen LogP contribution in [0.3, 0.4) is 0 Å². The number of halogens is 4. The number of nitrogens with one attached hydrogen (secondary N) is 1. The number of nitrogens with zero attached hydrogens (tertiary/aromatic N) is 1. The normalized spacial score (nSPS) is 13.2. The number of hydrogen-bond donors (Lipinski definition) is 1. The molecule has 0 aliphatic carbocycles. The number of H-pyrrole nitrogens is 1. The number of aromatic amines is 1. The molecule has 0 spiro atoms. The number of benzene rings is 1. The third-order valence-electron chi connectivity index (χ3n) is 2.10. The van der Waals surface area contributed by atoms with Gasteiger partial charge in [0.15, 0.2) is 5.03 Å². The Morgan fingerprint density at radius 2 is 1.94 bits per heavy atom. The highest BCUT2D eigenvalue weighted by Gasteiger charge is 2.34. The summed E-state index contributed by atoms with van der Waals surface area (Å²) in [5.74, 6) is 0. The molecule has 1 heterocycles. The minimum Gasteiger partial charge on any atom is -0.265 e. The fraction of sp³-hybridized carbons (Fsp3) is 0.125. The van der Waals surface area contributed by atoms with E-state index in [2.05, 4.69) is 5.10 Å². The molecule has 9 heteroatoms. The van der Waals surface area contributed by atoms with Crippen LogP contribution in [0.15, 0.2) is 23.2 Å². The second-order valence-corrected chi connectivity index (χ2v) is 5.69. The molecular formula is C8H4ClF3N2O2S. The Morgan fingerprint density at radius 1 is 1.29 bits per heavy atom. The zero-order valence-corrected chi connectivity index (χ0v) is 9.49. The second kappa shape index (κ2) is 3.61. The quantitative estimate of drug-likeness (QED) is 0.819. The van der Waals surface area contributed by atoms with Gasteiger partial charge in [0.05, 0.1) is 5.56 Å². The smallest absolute Gasteiger partial charge is 0.265 e. The standard InChI is InChI=1S/C8H4ClF3N2O2S/c9-17(15,16)7-4-2-1-3-5(8(10,11)12)6(4)13-14-7/h1-3H,(H,13,14). The molecule has 1 N–H and O–H groups in total. The van der Waals surface area contributed by atoms with Gasteiger partial charge in [0, 0.05) is 16.1 Å². The second-order valence-electron chi connectivity index (χ2n) is 3.19. The van der Waals surface area contributed by atoms with Crippen molar-refractivity contribution in [3.63, 3.8) is 0 Å². The van der Waals surface area contributed by atoms with Crippen LogP contribution in [0.25, 0.3) is 10.9 Å². The number of alkyl halides is 3. The highest BCUT2D eigenvalue weighted by atomic mass is 35.7. The third kappa shape index (κ3) is 2.09. The topological polar surface area (TPSA) is 62.8 Å². The van der Waals surface area contributed by atoms with E-state index < -0.39 is 31.3 Å². The zero-order chi connectivity index (χ0) is 12.8. The van der Waals surface area contributed by atoms with E-state index in [0.29, 0.717) is 0 Å². The summed E-state index contributed by atoms with van der Waals surface area (Å²) < 4.78 is 59.9. The van der Waals surface area contributed by atoms with E-state index in [0.717, 1.165) is 12.1 Å². The van der Waals surface area contributed by atoms with Gasteiger partial charge in [0.25, 0.3) is 9.05 Å². The van der Waals surface area contributed by atoms with Crippen molar-refractivity contribution in [2.75, 3.05) is 0 Å². The summed E-state index contributed by atoms with van der Waals surface area (Å²) in [7, 11) is 0.904. The van der Waals surface area contributed by atoms with Crippen LogP contribution in [-0.4, -0.2) is 18.6 Å². The molecule has 1 aromatic carbocycles. The van der Waals surface area contributed by atoms with E-state index in [1.165, 1.54) is 6.07 Å². The van der Waals surface area contributed by atoms with E-state index in [1.807, 2.05) is 5.10 Å². The Morgan fingerprint density at radius 3 is 2.47 bits per heavy atom. The van der Waals surface area contributed by atoms with E-state index >= 15 is 0 Å². The summed E-state index contributed by atoms with van der Waals surface area (Å²) in [6.45, 7) is 0. The summed E-state index contributed by atoms with van der Waals surface area (Å²) >= 11 is 0.